The van der Waals surface area contributed by atoms with Gasteiger partial charge in [0.2, 0.25) is 0 Å². The van der Waals surface area contributed by atoms with Gasteiger partial charge < -0.3 is 10.3 Å². The van der Waals surface area contributed by atoms with E-state index in [0.717, 1.165) is 23.1 Å². The fraction of sp³-hybridized carbons (Fsp3) is 0.333. The molecule has 0 bridgehead atoms. The Morgan fingerprint density at radius 1 is 1.26 bits per heavy atom. The number of benzene rings is 1. The molecule has 4 nitrogen and oxygen atoms in total. The van der Waals surface area contributed by atoms with E-state index in [9.17, 15) is 0 Å². The van der Waals surface area contributed by atoms with Gasteiger partial charge in [-0.05, 0) is 24.6 Å². The van der Waals surface area contributed by atoms with Crippen LogP contribution in [0.3, 0.4) is 0 Å². The largest absolute Gasteiger partial charge is 0.324 e. The average molecular weight is 317 g/mol. The molecule has 0 fully saturated rings. The van der Waals surface area contributed by atoms with E-state index in [2.05, 4.69) is 10.2 Å². The van der Waals surface area contributed by atoms with E-state index in [4.69, 9.17) is 28.9 Å². The van der Waals surface area contributed by atoms with Crippen molar-refractivity contribution in [3.8, 4) is 0 Å². The summed E-state index contributed by atoms with van der Waals surface area (Å²) >= 11 is 13.8. The smallest absolute Gasteiger partial charge is 0.191 e. The van der Waals surface area contributed by atoms with Gasteiger partial charge in [0.25, 0.3) is 0 Å². The maximum absolute atomic E-state index is 6.14. The minimum absolute atomic E-state index is 0.383. The fourth-order valence-corrected chi connectivity index (χ4v) is 3.46. The highest BCUT2D eigenvalue weighted by molar-refractivity contribution is 7.98. The lowest BCUT2D eigenvalue weighted by Crippen LogP contribution is -2.08. The van der Waals surface area contributed by atoms with Gasteiger partial charge in [0.1, 0.15) is 5.82 Å². The Balaban J connectivity index is 2.17. The summed E-state index contributed by atoms with van der Waals surface area (Å²) in [4.78, 5) is 0. The lowest BCUT2D eigenvalue weighted by atomic mass is 10.2. The van der Waals surface area contributed by atoms with Crippen LogP contribution in [0.2, 0.25) is 10.0 Å². The molecular formula is C12H14Cl2N4S. The van der Waals surface area contributed by atoms with Crippen LogP contribution in [0.25, 0.3) is 0 Å². The number of halogens is 2. The van der Waals surface area contributed by atoms with Crippen molar-refractivity contribution in [2.45, 2.75) is 30.9 Å². The van der Waals surface area contributed by atoms with Crippen LogP contribution in [0, 0.1) is 0 Å². The number of hydrogen-bond donors (Lipinski definition) is 1. The summed E-state index contributed by atoms with van der Waals surface area (Å²) in [6, 6.07) is 5.50. The Hall–Kier alpha value is -0.750. The van der Waals surface area contributed by atoms with Crippen LogP contribution in [-0.2, 0) is 18.8 Å². The first-order chi connectivity index (χ1) is 9.17. The second-order valence-corrected chi connectivity index (χ2v) is 5.59. The van der Waals surface area contributed by atoms with Gasteiger partial charge in [0.15, 0.2) is 5.16 Å². The summed E-state index contributed by atoms with van der Waals surface area (Å²) in [5, 5.41) is 10.4. The Kier molecular flexibility index (Phi) is 5.10. The number of aromatic nitrogens is 3. The predicted molar refractivity (Wildman–Crippen MR) is 79.6 cm³/mol. The summed E-state index contributed by atoms with van der Waals surface area (Å²) in [7, 11) is 0. The van der Waals surface area contributed by atoms with Gasteiger partial charge in [-0.15, -0.1) is 10.2 Å². The van der Waals surface area contributed by atoms with E-state index in [1.165, 1.54) is 0 Å². The number of thioether (sulfide) groups is 1. The monoisotopic (exact) mass is 316 g/mol. The summed E-state index contributed by atoms with van der Waals surface area (Å²) in [5.74, 6) is 1.44. The molecule has 0 spiro atoms. The Bertz CT molecular complexity index is 551. The molecule has 0 unspecified atom stereocenters. The SMILES string of the molecule is CCn1c(CN)nnc1SCc1c(Cl)cccc1Cl. The van der Waals surface area contributed by atoms with E-state index < -0.39 is 0 Å². The Labute approximate surface area is 126 Å². The highest BCUT2D eigenvalue weighted by Gasteiger charge is 2.12. The second-order valence-electron chi connectivity index (χ2n) is 3.84. The molecule has 1 aromatic heterocycles. The van der Waals surface area contributed by atoms with Crippen LogP contribution in [0.5, 0.6) is 0 Å². The molecule has 0 saturated heterocycles. The minimum Gasteiger partial charge on any atom is -0.324 e. The zero-order valence-corrected chi connectivity index (χ0v) is 12.8. The topological polar surface area (TPSA) is 56.7 Å². The number of rotatable bonds is 5. The highest BCUT2D eigenvalue weighted by Crippen LogP contribution is 2.30. The quantitative estimate of drug-likeness (QED) is 0.859. The first-order valence-corrected chi connectivity index (χ1v) is 7.59. The van der Waals surface area contributed by atoms with Crippen molar-refractivity contribution >= 4 is 35.0 Å². The van der Waals surface area contributed by atoms with Gasteiger partial charge in [-0.1, -0.05) is 41.0 Å². The van der Waals surface area contributed by atoms with Gasteiger partial charge in [-0.2, -0.15) is 0 Å². The van der Waals surface area contributed by atoms with Crippen LogP contribution >= 0.6 is 35.0 Å². The number of nitrogens with two attached hydrogens (primary N) is 1. The molecule has 0 aliphatic rings. The molecule has 0 aliphatic heterocycles. The Morgan fingerprint density at radius 3 is 2.53 bits per heavy atom. The second kappa shape index (κ2) is 6.61. The molecule has 0 amide bonds. The van der Waals surface area contributed by atoms with Crippen LogP contribution in [0.1, 0.15) is 18.3 Å². The molecule has 0 atom stereocenters. The summed E-state index contributed by atoms with van der Waals surface area (Å²) in [5.41, 5.74) is 6.53. The molecule has 19 heavy (non-hydrogen) atoms. The molecular weight excluding hydrogens is 303 g/mol. The summed E-state index contributed by atoms with van der Waals surface area (Å²) < 4.78 is 2.00. The normalized spacial score (nSPS) is 10.9. The maximum atomic E-state index is 6.14. The molecule has 0 aliphatic carbocycles. The van der Waals surface area contributed by atoms with Gasteiger partial charge in [-0.25, -0.2) is 0 Å². The summed E-state index contributed by atoms with van der Waals surface area (Å²) in [6.07, 6.45) is 0. The van der Waals surface area contributed by atoms with Crippen LogP contribution in [-0.4, -0.2) is 14.8 Å². The van der Waals surface area contributed by atoms with Crippen molar-refractivity contribution in [2.24, 2.45) is 5.73 Å². The number of nitrogens with zero attached hydrogens (tertiary/aromatic N) is 3. The van der Waals surface area contributed by atoms with Crippen LogP contribution in [0.15, 0.2) is 23.4 Å². The van der Waals surface area contributed by atoms with Gasteiger partial charge in [0, 0.05) is 22.3 Å². The van der Waals surface area contributed by atoms with Crippen molar-refractivity contribution in [3.63, 3.8) is 0 Å². The van der Waals surface area contributed by atoms with E-state index in [1.54, 1.807) is 11.8 Å². The first-order valence-electron chi connectivity index (χ1n) is 5.85. The highest BCUT2D eigenvalue weighted by atomic mass is 35.5. The molecule has 2 aromatic rings. The van der Waals surface area contributed by atoms with Crippen LogP contribution in [0.4, 0.5) is 0 Å². The molecule has 0 saturated carbocycles. The molecule has 7 heteroatoms. The van der Waals surface area contributed by atoms with Crippen molar-refractivity contribution < 1.29 is 0 Å². The van der Waals surface area contributed by atoms with Crippen molar-refractivity contribution in [3.05, 3.63) is 39.6 Å². The number of hydrogen-bond acceptors (Lipinski definition) is 4. The third kappa shape index (κ3) is 3.23. The molecule has 2 N–H and O–H groups in total. The molecule has 1 aromatic carbocycles. The molecule has 2 rings (SSSR count). The molecule has 102 valence electrons. The van der Waals surface area contributed by atoms with Crippen molar-refractivity contribution in [1.82, 2.24) is 14.8 Å². The van der Waals surface area contributed by atoms with E-state index >= 15 is 0 Å². The van der Waals surface area contributed by atoms with Crippen molar-refractivity contribution in [1.29, 1.82) is 0 Å². The lowest BCUT2D eigenvalue weighted by molar-refractivity contribution is 0.643. The van der Waals surface area contributed by atoms with Crippen LogP contribution < -0.4 is 5.73 Å². The van der Waals surface area contributed by atoms with Gasteiger partial charge in [0.05, 0.1) is 6.54 Å². The third-order valence-electron chi connectivity index (χ3n) is 2.70. The zero-order valence-electron chi connectivity index (χ0n) is 10.4. The van der Waals surface area contributed by atoms with E-state index in [1.807, 2.05) is 29.7 Å². The maximum Gasteiger partial charge on any atom is 0.191 e. The molecule has 1 heterocycles. The fourth-order valence-electron chi connectivity index (χ4n) is 1.70. The Morgan fingerprint density at radius 2 is 1.95 bits per heavy atom. The van der Waals surface area contributed by atoms with E-state index in [-0.39, 0.29) is 0 Å². The standard InChI is InChI=1S/C12H14Cl2N4S/c1-2-18-11(6-15)16-17-12(18)19-7-8-9(13)4-3-5-10(8)14/h3-5H,2,6-7,15H2,1H3. The van der Waals surface area contributed by atoms with Crippen molar-refractivity contribution in [2.75, 3.05) is 0 Å². The summed E-state index contributed by atoms with van der Waals surface area (Å²) in [6.45, 7) is 3.21. The first kappa shape index (κ1) is 14.7. The third-order valence-corrected chi connectivity index (χ3v) is 4.40. The lowest BCUT2D eigenvalue weighted by Gasteiger charge is -2.08. The van der Waals surface area contributed by atoms with E-state index in [0.29, 0.717) is 22.3 Å². The molecule has 0 radical (unpaired) electrons. The van der Waals surface area contributed by atoms with Gasteiger partial charge >= 0.3 is 0 Å². The van der Waals surface area contributed by atoms with Gasteiger partial charge in [-0.3, -0.25) is 0 Å². The average Bonchev–Trinajstić information content (AvgIpc) is 2.80. The zero-order chi connectivity index (χ0) is 13.8. The predicted octanol–water partition coefficient (Wildman–Crippen LogP) is 3.36. The minimum atomic E-state index is 0.383.